The van der Waals surface area contributed by atoms with Gasteiger partial charge in [0, 0.05) is 25.7 Å². The lowest BCUT2D eigenvalue weighted by Gasteiger charge is -2.52. The first-order valence-corrected chi connectivity index (χ1v) is 6.85. The number of rotatable bonds is 0. The minimum absolute atomic E-state index is 0.135. The maximum Gasteiger partial charge on any atom is 0.409 e. The zero-order valence-corrected chi connectivity index (χ0v) is 10.6. The zero-order valence-electron chi connectivity index (χ0n) is 10.6. The van der Waals surface area contributed by atoms with Gasteiger partial charge in [0.05, 0.1) is 7.11 Å². The SMILES string of the molecule is COC(=O)N1C[C@@H]2C[C@H](C1)[C@@H]1CCCCN1C2. The molecule has 4 nitrogen and oxygen atoms in total. The van der Waals surface area contributed by atoms with Crippen molar-refractivity contribution < 1.29 is 9.53 Å². The van der Waals surface area contributed by atoms with Gasteiger partial charge in [-0.3, -0.25) is 4.90 Å². The summed E-state index contributed by atoms with van der Waals surface area (Å²) in [4.78, 5) is 16.2. The van der Waals surface area contributed by atoms with E-state index in [1.54, 1.807) is 0 Å². The highest BCUT2D eigenvalue weighted by molar-refractivity contribution is 5.67. The van der Waals surface area contributed by atoms with Crippen LogP contribution < -0.4 is 0 Å². The van der Waals surface area contributed by atoms with Gasteiger partial charge in [0.15, 0.2) is 0 Å². The van der Waals surface area contributed by atoms with Crippen molar-refractivity contribution >= 4 is 6.09 Å². The highest BCUT2D eigenvalue weighted by Crippen LogP contribution is 2.37. The van der Waals surface area contributed by atoms with Gasteiger partial charge < -0.3 is 9.64 Å². The lowest BCUT2D eigenvalue weighted by atomic mass is 9.76. The monoisotopic (exact) mass is 238 g/mol. The van der Waals surface area contributed by atoms with E-state index >= 15 is 0 Å². The molecule has 3 fully saturated rings. The fourth-order valence-corrected chi connectivity index (χ4v) is 4.04. The van der Waals surface area contributed by atoms with Crippen LogP contribution in [0, 0.1) is 11.8 Å². The third-order valence-electron chi connectivity index (χ3n) is 4.70. The van der Waals surface area contributed by atoms with E-state index in [1.807, 2.05) is 4.90 Å². The Morgan fingerprint density at radius 1 is 1.24 bits per heavy atom. The number of carbonyl (C=O) groups excluding carboxylic acids is 1. The number of amides is 1. The summed E-state index contributed by atoms with van der Waals surface area (Å²) in [6, 6.07) is 0.729. The van der Waals surface area contributed by atoms with Crippen molar-refractivity contribution in [3.05, 3.63) is 0 Å². The van der Waals surface area contributed by atoms with E-state index in [9.17, 15) is 4.79 Å². The molecule has 0 aromatic rings. The van der Waals surface area contributed by atoms with E-state index in [0.29, 0.717) is 11.8 Å². The van der Waals surface area contributed by atoms with Crippen molar-refractivity contribution in [2.75, 3.05) is 33.3 Å². The molecule has 0 aliphatic carbocycles. The van der Waals surface area contributed by atoms with E-state index in [0.717, 1.165) is 19.1 Å². The highest BCUT2D eigenvalue weighted by atomic mass is 16.5. The average molecular weight is 238 g/mol. The maximum atomic E-state index is 11.6. The minimum Gasteiger partial charge on any atom is -0.453 e. The second kappa shape index (κ2) is 4.48. The number of methoxy groups -OCH3 is 1. The fourth-order valence-electron chi connectivity index (χ4n) is 4.04. The van der Waals surface area contributed by atoms with Gasteiger partial charge in [-0.2, -0.15) is 0 Å². The number of hydrogen-bond acceptors (Lipinski definition) is 3. The smallest absolute Gasteiger partial charge is 0.409 e. The molecule has 0 spiro atoms. The Morgan fingerprint density at radius 3 is 2.94 bits per heavy atom. The van der Waals surface area contributed by atoms with Crippen LogP contribution in [0.15, 0.2) is 0 Å². The van der Waals surface area contributed by atoms with Crippen molar-refractivity contribution in [2.24, 2.45) is 11.8 Å². The first-order valence-electron chi connectivity index (χ1n) is 6.85. The summed E-state index contributed by atoms with van der Waals surface area (Å²) in [5.41, 5.74) is 0. The molecule has 3 saturated heterocycles. The van der Waals surface area contributed by atoms with E-state index in [4.69, 9.17) is 4.74 Å². The van der Waals surface area contributed by atoms with E-state index in [2.05, 4.69) is 4.90 Å². The topological polar surface area (TPSA) is 32.8 Å². The summed E-state index contributed by atoms with van der Waals surface area (Å²) >= 11 is 0. The van der Waals surface area contributed by atoms with Crippen LogP contribution in [0.3, 0.4) is 0 Å². The van der Waals surface area contributed by atoms with E-state index in [-0.39, 0.29) is 6.09 Å². The van der Waals surface area contributed by atoms with Crippen LogP contribution in [-0.2, 0) is 4.74 Å². The molecule has 0 N–H and O–H groups in total. The lowest BCUT2D eigenvalue weighted by Crippen LogP contribution is -2.59. The zero-order chi connectivity index (χ0) is 11.8. The predicted octanol–water partition coefficient (Wildman–Crippen LogP) is 1.56. The Bertz CT molecular complexity index is 308. The van der Waals surface area contributed by atoms with Gasteiger partial charge in [0.1, 0.15) is 0 Å². The fraction of sp³-hybridized carbons (Fsp3) is 0.923. The Balaban J connectivity index is 1.72. The predicted molar refractivity (Wildman–Crippen MR) is 64.8 cm³/mol. The molecule has 96 valence electrons. The van der Waals surface area contributed by atoms with Gasteiger partial charge in [-0.1, -0.05) is 6.42 Å². The number of nitrogens with zero attached hydrogens (tertiary/aromatic N) is 2. The molecule has 4 heteroatoms. The number of carbonyl (C=O) groups is 1. The Morgan fingerprint density at radius 2 is 2.12 bits per heavy atom. The summed E-state index contributed by atoms with van der Waals surface area (Å²) in [6.07, 6.45) is 5.22. The van der Waals surface area contributed by atoms with Crippen LogP contribution in [0.25, 0.3) is 0 Å². The number of ether oxygens (including phenoxy) is 1. The number of fused-ring (bicyclic) bond motifs is 4. The van der Waals surface area contributed by atoms with Crippen LogP contribution in [0.2, 0.25) is 0 Å². The summed E-state index contributed by atoms with van der Waals surface area (Å²) in [6.45, 7) is 4.27. The van der Waals surface area contributed by atoms with E-state index < -0.39 is 0 Å². The van der Waals surface area contributed by atoms with Gasteiger partial charge in [-0.15, -0.1) is 0 Å². The maximum absolute atomic E-state index is 11.6. The summed E-state index contributed by atoms with van der Waals surface area (Å²) in [7, 11) is 1.49. The standard InChI is InChI=1S/C13H22N2O2/c1-17-13(16)15-8-10-6-11(9-15)12-4-2-3-5-14(12)7-10/h10-12H,2-9H2,1H3/t10-,11-,12+/m1/s1. The normalized spacial score (nSPS) is 37.5. The first-order chi connectivity index (χ1) is 8.28. The van der Waals surface area contributed by atoms with Crippen molar-refractivity contribution in [3.8, 4) is 0 Å². The molecule has 0 saturated carbocycles. The Kier molecular flexibility index (Phi) is 2.99. The van der Waals surface area contributed by atoms with Crippen molar-refractivity contribution in [3.63, 3.8) is 0 Å². The molecule has 3 aliphatic rings. The molecule has 0 radical (unpaired) electrons. The van der Waals surface area contributed by atoms with Gasteiger partial charge in [-0.25, -0.2) is 4.79 Å². The number of hydrogen-bond donors (Lipinski definition) is 0. The quantitative estimate of drug-likeness (QED) is 0.642. The highest BCUT2D eigenvalue weighted by Gasteiger charge is 2.42. The molecule has 2 bridgehead atoms. The van der Waals surface area contributed by atoms with Gasteiger partial charge >= 0.3 is 6.09 Å². The molecular formula is C13H22N2O2. The molecule has 3 aliphatic heterocycles. The van der Waals surface area contributed by atoms with Crippen molar-refractivity contribution in [1.82, 2.24) is 9.80 Å². The summed E-state index contributed by atoms with van der Waals surface area (Å²) in [5, 5.41) is 0. The van der Waals surface area contributed by atoms with Crippen LogP contribution in [0.4, 0.5) is 4.79 Å². The van der Waals surface area contributed by atoms with Crippen molar-refractivity contribution in [2.45, 2.75) is 31.7 Å². The number of likely N-dealkylation sites (tertiary alicyclic amines) is 1. The molecule has 17 heavy (non-hydrogen) atoms. The Labute approximate surface area is 103 Å². The second-order valence-electron chi connectivity index (χ2n) is 5.79. The molecular weight excluding hydrogens is 216 g/mol. The second-order valence-corrected chi connectivity index (χ2v) is 5.79. The summed E-state index contributed by atoms with van der Waals surface area (Å²) < 4.78 is 4.86. The van der Waals surface area contributed by atoms with Crippen LogP contribution in [-0.4, -0.2) is 55.2 Å². The lowest BCUT2D eigenvalue weighted by molar-refractivity contribution is -0.0267. The van der Waals surface area contributed by atoms with Crippen LogP contribution in [0.1, 0.15) is 25.7 Å². The molecule has 3 rings (SSSR count). The third kappa shape index (κ3) is 2.03. The summed E-state index contributed by atoms with van der Waals surface area (Å²) in [5.74, 6) is 1.35. The molecule has 1 amide bonds. The van der Waals surface area contributed by atoms with Crippen molar-refractivity contribution in [1.29, 1.82) is 0 Å². The molecule has 0 unspecified atom stereocenters. The first kappa shape index (κ1) is 11.3. The molecule has 0 aromatic carbocycles. The molecule has 3 heterocycles. The van der Waals surface area contributed by atoms with Gasteiger partial charge in [-0.05, 0) is 37.6 Å². The Hall–Kier alpha value is -0.770. The van der Waals surface area contributed by atoms with Crippen LogP contribution >= 0.6 is 0 Å². The van der Waals surface area contributed by atoms with Crippen LogP contribution in [0.5, 0.6) is 0 Å². The van der Waals surface area contributed by atoms with Gasteiger partial charge in [0.2, 0.25) is 0 Å². The van der Waals surface area contributed by atoms with Gasteiger partial charge in [0.25, 0.3) is 0 Å². The average Bonchev–Trinajstić information content (AvgIpc) is 2.37. The third-order valence-corrected chi connectivity index (χ3v) is 4.70. The molecule has 0 aromatic heterocycles. The minimum atomic E-state index is -0.135. The number of piperidine rings is 3. The molecule has 3 atom stereocenters. The van der Waals surface area contributed by atoms with E-state index in [1.165, 1.54) is 45.9 Å². The largest absolute Gasteiger partial charge is 0.453 e.